The summed E-state index contributed by atoms with van der Waals surface area (Å²) >= 11 is 0. The SMILES string of the molecule is CN(Cc1ccc(-c2ccc(OCCCN3CCCCC3)cc2)nn1)CC1CCNCC1. The maximum atomic E-state index is 5.94. The van der Waals surface area contributed by atoms with Crippen molar-refractivity contribution in [2.75, 3.05) is 52.9 Å². The van der Waals surface area contributed by atoms with E-state index >= 15 is 0 Å². The van der Waals surface area contributed by atoms with Gasteiger partial charge in [0, 0.05) is 25.2 Å². The van der Waals surface area contributed by atoms with E-state index in [2.05, 4.69) is 56.6 Å². The van der Waals surface area contributed by atoms with E-state index in [1.807, 2.05) is 12.1 Å². The zero-order chi connectivity index (χ0) is 22.0. The summed E-state index contributed by atoms with van der Waals surface area (Å²) in [5, 5.41) is 12.4. The molecule has 0 saturated carbocycles. The van der Waals surface area contributed by atoms with E-state index in [-0.39, 0.29) is 0 Å². The van der Waals surface area contributed by atoms with Crippen LogP contribution in [0.3, 0.4) is 0 Å². The summed E-state index contributed by atoms with van der Waals surface area (Å²) in [5.41, 5.74) is 3.01. The molecule has 0 bridgehead atoms. The maximum Gasteiger partial charge on any atom is 0.119 e. The van der Waals surface area contributed by atoms with Gasteiger partial charge >= 0.3 is 0 Å². The van der Waals surface area contributed by atoms with Crippen LogP contribution < -0.4 is 10.1 Å². The average Bonchev–Trinajstić information content (AvgIpc) is 2.84. The van der Waals surface area contributed by atoms with Crippen LogP contribution in [0.25, 0.3) is 11.3 Å². The Bertz CT molecular complexity index is 783. The van der Waals surface area contributed by atoms with Crippen LogP contribution in [0, 0.1) is 5.92 Å². The number of benzene rings is 1. The minimum absolute atomic E-state index is 0.773. The van der Waals surface area contributed by atoms with Crippen molar-refractivity contribution < 1.29 is 4.74 Å². The highest BCUT2D eigenvalue weighted by Gasteiger charge is 2.15. The third kappa shape index (κ3) is 7.26. The second-order valence-corrected chi connectivity index (χ2v) is 9.43. The number of aromatic nitrogens is 2. The van der Waals surface area contributed by atoms with Crippen molar-refractivity contribution >= 4 is 0 Å². The smallest absolute Gasteiger partial charge is 0.119 e. The second kappa shape index (κ2) is 12.3. The largest absolute Gasteiger partial charge is 0.494 e. The first-order valence-electron chi connectivity index (χ1n) is 12.4. The normalized spacial score (nSPS) is 18.2. The number of rotatable bonds is 10. The fourth-order valence-corrected chi connectivity index (χ4v) is 4.83. The molecule has 0 aliphatic carbocycles. The van der Waals surface area contributed by atoms with Crippen molar-refractivity contribution in [3.05, 3.63) is 42.1 Å². The fourth-order valence-electron chi connectivity index (χ4n) is 4.83. The van der Waals surface area contributed by atoms with Crippen molar-refractivity contribution in [2.45, 2.75) is 45.1 Å². The first kappa shape index (κ1) is 23.1. The minimum Gasteiger partial charge on any atom is -0.494 e. The van der Waals surface area contributed by atoms with E-state index < -0.39 is 0 Å². The highest BCUT2D eigenvalue weighted by atomic mass is 16.5. The Kier molecular flexibility index (Phi) is 8.88. The van der Waals surface area contributed by atoms with Gasteiger partial charge < -0.3 is 19.9 Å². The second-order valence-electron chi connectivity index (χ2n) is 9.43. The fraction of sp³-hybridized carbons (Fsp3) is 0.615. The van der Waals surface area contributed by atoms with Gasteiger partial charge in [-0.05, 0) is 108 Å². The van der Waals surface area contributed by atoms with Crippen LogP contribution in [0.5, 0.6) is 5.75 Å². The molecule has 4 rings (SSSR count). The molecule has 0 atom stereocenters. The number of hydrogen-bond donors (Lipinski definition) is 1. The van der Waals surface area contributed by atoms with Gasteiger partial charge in [0.05, 0.1) is 18.0 Å². The first-order chi connectivity index (χ1) is 15.8. The molecule has 6 nitrogen and oxygen atoms in total. The molecule has 2 fully saturated rings. The van der Waals surface area contributed by atoms with Crippen LogP contribution in [-0.2, 0) is 6.54 Å². The van der Waals surface area contributed by atoms with Crippen LogP contribution >= 0.6 is 0 Å². The quantitative estimate of drug-likeness (QED) is 0.570. The Morgan fingerprint density at radius 3 is 2.50 bits per heavy atom. The van der Waals surface area contributed by atoms with Gasteiger partial charge in [0.2, 0.25) is 0 Å². The van der Waals surface area contributed by atoms with Gasteiger partial charge in [0.1, 0.15) is 5.75 Å². The van der Waals surface area contributed by atoms with Gasteiger partial charge in [0.25, 0.3) is 0 Å². The lowest BCUT2D eigenvalue weighted by Crippen LogP contribution is -2.34. The van der Waals surface area contributed by atoms with E-state index in [0.29, 0.717) is 0 Å². The molecular formula is C26H39N5O. The van der Waals surface area contributed by atoms with Gasteiger partial charge in [-0.3, -0.25) is 0 Å². The van der Waals surface area contributed by atoms with Gasteiger partial charge in [-0.25, -0.2) is 0 Å². The minimum atomic E-state index is 0.773. The lowest BCUT2D eigenvalue weighted by Gasteiger charge is -2.27. The van der Waals surface area contributed by atoms with E-state index in [1.165, 1.54) is 45.2 Å². The molecule has 174 valence electrons. The van der Waals surface area contributed by atoms with E-state index in [4.69, 9.17) is 4.74 Å². The van der Waals surface area contributed by atoms with E-state index in [1.54, 1.807) is 0 Å². The Hall–Kier alpha value is -2.02. The van der Waals surface area contributed by atoms with Gasteiger partial charge in [-0.15, -0.1) is 0 Å². The van der Waals surface area contributed by atoms with Gasteiger partial charge in [-0.2, -0.15) is 10.2 Å². The molecular weight excluding hydrogens is 398 g/mol. The summed E-state index contributed by atoms with van der Waals surface area (Å²) in [6.07, 6.45) is 7.71. The number of hydrogen-bond acceptors (Lipinski definition) is 6. The number of nitrogens with one attached hydrogen (secondary N) is 1. The molecule has 1 N–H and O–H groups in total. The molecule has 0 amide bonds. The van der Waals surface area contributed by atoms with Gasteiger partial charge in [-0.1, -0.05) is 6.42 Å². The van der Waals surface area contributed by atoms with Crippen LogP contribution in [0.4, 0.5) is 0 Å². The Morgan fingerprint density at radius 1 is 1.00 bits per heavy atom. The maximum absolute atomic E-state index is 5.94. The lowest BCUT2D eigenvalue weighted by atomic mass is 9.98. The highest BCUT2D eigenvalue weighted by molar-refractivity contribution is 5.59. The summed E-state index contributed by atoms with van der Waals surface area (Å²) < 4.78 is 5.94. The van der Waals surface area contributed by atoms with Crippen molar-refractivity contribution in [1.29, 1.82) is 0 Å². The lowest BCUT2D eigenvalue weighted by molar-refractivity contribution is 0.205. The molecule has 2 saturated heterocycles. The summed E-state index contributed by atoms with van der Waals surface area (Å²) in [4.78, 5) is 4.93. The summed E-state index contributed by atoms with van der Waals surface area (Å²) in [7, 11) is 2.18. The summed E-state index contributed by atoms with van der Waals surface area (Å²) in [5.74, 6) is 1.72. The predicted molar refractivity (Wildman–Crippen MR) is 130 cm³/mol. The monoisotopic (exact) mass is 437 g/mol. The molecule has 0 spiro atoms. The molecule has 32 heavy (non-hydrogen) atoms. The Labute approximate surface area is 193 Å². The molecule has 2 aliphatic heterocycles. The highest BCUT2D eigenvalue weighted by Crippen LogP contribution is 2.21. The average molecular weight is 438 g/mol. The van der Waals surface area contributed by atoms with Crippen molar-refractivity contribution in [3.8, 4) is 17.0 Å². The van der Waals surface area contributed by atoms with Crippen molar-refractivity contribution in [2.24, 2.45) is 5.92 Å². The molecule has 2 aromatic rings. The molecule has 3 heterocycles. The molecule has 1 aromatic carbocycles. The standard InChI is InChI=1S/C26H39N5O/c1-30(20-22-12-14-27-15-13-22)21-24-8-11-26(29-28-24)23-6-9-25(10-7-23)32-19-5-18-31-16-3-2-4-17-31/h6-11,22,27H,2-5,12-21H2,1H3. The molecule has 0 unspecified atom stereocenters. The Balaban J connectivity index is 1.20. The molecule has 1 aromatic heterocycles. The van der Waals surface area contributed by atoms with Crippen LogP contribution in [0.1, 0.15) is 44.2 Å². The first-order valence-corrected chi connectivity index (χ1v) is 12.4. The third-order valence-corrected chi connectivity index (χ3v) is 6.67. The number of piperidine rings is 2. The molecule has 2 aliphatic rings. The number of nitrogens with zero attached hydrogens (tertiary/aromatic N) is 4. The van der Waals surface area contributed by atoms with Crippen molar-refractivity contribution in [1.82, 2.24) is 25.3 Å². The van der Waals surface area contributed by atoms with Gasteiger partial charge in [0.15, 0.2) is 0 Å². The number of likely N-dealkylation sites (tertiary alicyclic amines) is 1. The predicted octanol–water partition coefficient (Wildman–Crippen LogP) is 3.83. The van der Waals surface area contributed by atoms with Crippen molar-refractivity contribution in [3.63, 3.8) is 0 Å². The summed E-state index contributed by atoms with van der Waals surface area (Å²) in [6, 6.07) is 12.4. The zero-order valence-electron chi connectivity index (χ0n) is 19.6. The third-order valence-electron chi connectivity index (χ3n) is 6.67. The van der Waals surface area contributed by atoms with Crippen LogP contribution in [0.2, 0.25) is 0 Å². The van der Waals surface area contributed by atoms with E-state index in [9.17, 15) is 0 Å². The van der Waals surface area contributed by atoms with Crippen LogP contribution in [-0.4, -0.2) is 72.9 Å². The van der Waals surface area contributed by atoms with E-state index in [0.717, 1.165) is 74.4 Å². The molecule has 0 radical (unpaired) electrons. The molecule has 6 heteroatoms. The zero-order valence-corrected chi connectivity index (χ0v) is 19.6. The topological polar surface area (TPSA) is 53.5 Å². The number of ether oxygens (including phenoxy) is 1. The van der Waals surface area contributed by atoms with Crippen LogP contribution in [0.15, 0.2) is 36.4 Å². The Morgan fingerprint density at radius 2 is 1.78 bits per heavy atom. The summed E-state index contributed by atoms with van der Waals surface area (Å²) in [6.45, 7) is 8.70.